The number of fused-ring (bicyclic) bond motifs is 3. The molecule has 4 heteroatoms. The molecule has 0 bridgehead atoms. The molecule has 2 aliphatic rings. The maximum Gasteiger partial charge on any atom is 0.219 e. The highest BCUT2D eigenvalue weighted by molar-refractivity contribution is 5.74. The van der Waals surface area contributed by atoms with E-state index in [1.165, 1.54) is 6.07 Å². The lowest BCUT2D eigenvalue weighted by Crippen LogP contribution is -2.44. The van der Waals surface area contributed by atoms with Gasteiger partial charge in [0, 0.05) is 37.7 Å². The van der Waals surface area contributed by atoms with E-state index < -0.39 is 0 Å². The quantitative estimate of drug-likeness (QED) is 0.744. The smallest absolute Gasteiger partial charge is 0.219 e. The van der Waals surface area contributed by atoms with E-state index in [0.29, 0.717) is 12.6 Å². The van der Waals surface area contributed by atoms with Crippen molar-refractivity contribution in [3.05, 3.63) is 29.6 Å². The molecule has 0 saturated carbocycles. The van der Waals surface area contributed by atoms with Crippen LogP contribution in [0.15, 0.2) is 18.2 Å². The molecule has 1 amide bonds. The molecular formula is C13H15FN2O. The van der Waals surface area contributed by atoms with E-state index in [1.807, 2.05) is 4.90 Å². The van der Waals surface area contributed by atoms with Gasteiger partial charge in [0.1, 0.15) is 5.82 Å². The normalized spacial score (nSPS) is 26.1. The number of hydrogen-bond donors (Lipinski definition) is 1. The zero-order valence-corrected chi connectivity index (χ0v) is 9.74. The summed E-state index contributed by atoms with van der Waals surface area (Å²) in [7, 11) is 0. The van der Waals surface area contributed by atoms with Crippen LogP contribution in [0.25, 0.3) is 0 Å². The van der Waals surface area contributed by atoms with Gasteiger partial charge in [0.05, 0.1) is 0 Å². The van der Waals surface area contributed by atoms with Crippen molar-refractivity contribution >= 4 is 11.6 Å². The summed E-state index contributed by atoms with van der Waals surface area (Å²) in [5.74, 6) is 0.137. The van der Waals surface area contributed by atoms with Crippen molar-refractivity contribution in [2.45, 2.75) is 25.3 Å². The number of nitrogens with one attached hydrogen (secondary N) is 1. The number of carbonyl (C=O) groups excluding carboxylic acids is 1. The zero-order valence-electron chi connectivity index (χ0n) is 9.74. The molecule has 2 unspecified atom stereocenters. The van der Waals surface area contributed by atoms with Crippen molar-refractivity contribution < 1.29 is 9.18 Å². The van der Waals surface area contributed by atoms with Gasteiger partial charge in [-0.25, -0.2) is 4.39 Å². The predicted octanol–water partition coefficient (Wildman–Crippen LogP) is 1.96. The van der Waals surface area contributed by atoms with Gasteiger partial charge in [-0.1, -0.05) is 0 Å². The molecule has 0 aromatic heterocycles. The number of piperidine rings is 1. The minimum Gasteiger partial charge on any atom is -0.381 e. The Balaban J connectivity index is 1.92. The number of anilines is 1. The number of nitrogens with zero attached hydrogens (tertiary/aromatic N) is 1. The summed E-state index contributed by atoms with van der Waals surface area (Å²) in [6.45, 7) is 3.08. The summed E-state index contributed by atoms with van der Waals surface area (Å²) in [5, 5.41) is 3.42. The fourth-order valence-corrected chi connectivity index (χ4v) is 2.90. The van der Waals surface area contributed by atoms with Crippen LogP contribution in [-0.2, 0) is 4.79 Å². The van der Waals surface area contributed by atoms with Crippen LogP contribution in [0.5, 0.6) is 0 Å². The summed E-state index contributed by atoms with van der Waals surface area (Å²) >= 11 is 0. The number of hydrogen-bond acceptors (Lipinski definition) is 2. The van der Waals surface area contributed by atoms with Crippen LogP contribution in [0.4, 0.5) is 10.1 Å². The maximum atomic E-state index is 13.3. The van der Waals surface area contributed by atoms with E-state index in [0.717, 1.165) is 24.2 Å². The van der Waals surface area contributed by atoms with E-state index in [1.54, 1.807) is 19.1 Å². The molecule has 1 fully saturated rings. The molecule has 90 valence electrons. The Hall–Kier alpha value is -1.58. The Labute approximate surface area is 99.6 Å². The highest BCUT2D eigenvalue weighted by Gasteiger charge is 2.37. The molecule has 3 rings (SSSR count). The molecule has 3 nitrogen and oxygen atoms in total. The molecule has 1 N–H and O–H groups in total. The van der Waals surface area contributed by atoms with Crippen LogP contribution in [0.1, 0.15) is 24.8 Å². The van der Waals surface area contributed by atoms with Gasteiger partial charge in [0.2, 0.25) is 5.91 Å². The Kier molecular flexibility index (Phi) is 2.31. The molecule has 1 aromatic rings. The van der Waals surface area contributed by atoms with E-state index in [-0.39, 0.29) is 17.6 Å². The SMILES string of the molecule is CC(=O)N1CCC2Nc3ccc(F)cc3C2C1. The average molecular weight is 234 g/mol. The Morgan fingerprint density at radius 1 is 1.53 bits per heavy atom. The zero-order chi connectivity index (χ0) is 12.0. The number of halogens is 1. The first-order valence-electron chi connectivity index (χ1n) is 5.96. The highest BCUT2D eigenvalue weighted by Crippen LogP contribution is 2.40. The Morgan fingerprint density at radius 3 is 3.12 bits per heavy atom. The fourth-order valence-electron chi connectivity index (χ4n) is 2.90. The van der Waals surface area contributed by atoms with Crippen molar-refractivity contribution in [3.63, 3.8) is 0 Å². The van der Waals surface area contributed by atoms with E-state index in [2.05, 4.69) is 5.32 Å². The fraction of sp³-hybridized carbons (Fsp3) is 0.462. The summed E-state index contributed by atoms with van der Waals surface area (Å²) in [5.41, 5.74) is 2.03. The second-order valence-corrected chi connectivity index (χ2v) is 4.84. The summed E-state index contributed by atoms with van der Waals surface area (Å²) in [4.78, 5) is 13.2. The monoisotopic (exact) mass is 234 g/mol. The topological polar surface area (TPSA) is 32.3 Å². The van der Waals surface area contributed by atoms with Gasteiger partial charge >= 0.3 is 0 Å². The van der Waals surface area contributed by atoms with Crippen LogP contribution in [0, 0.1) is 5.82 Å². The first-order chi connectivity index (χ1) is 8.15. The van der Waals surface area contributed by atoms with Crippen molar-refractivity contribution in [1.82, 2.24) is 4.90 Å². The Bertz CT molecular complexity index is 474. The van der Waals surface area contributed by atoms with Gasteiger partial charge in [0.25, 0.3) is 0 Å². The predicted molar refractivity (Wildman–Crippen MR) is 63.4 cm³/mol. The molecule has 0 aliphatic carbocycles. The number of likely N-dealkylation sites (tertiary alicyclic amines) is 1. The molecule has 2 heterocycles. The van der Waals surface area contributed by atoms with Crippen LogP contribution < -0.4 is 5.32 Å². The Morgan fingerprint density at radius 2 is 2.35 bits per heavy atom. The van der Waals surface area contributed by atoms with E-state index >= 15 is 0 Å². The average Bonchev–Trinajstić information content (AvgIpc) is 2.66. The molecule has 17 heavy (non-hydrogen) atoms. The molecule has 0 spiro atoms. The van der Waals surface area contributed by atoms with Gasteiger partial charge in [-0.2, -0.15) is 0 Å². The second kappa shape index (κ2) is 3.72. The second-order valence-electron chi connectivity index (χ2n) is 4.84. The van der Waals surface area contributed by atoms with E-state index in [4.69, 9.17) is 0 Å². The summed E-state index contributed by atoms with van der Waals surface area (Å²) in [6, 6.07) is 5.21. The molecule has 1 aromatic carbocycles. The van der Waals surface area contributed by atoms with Crippen LogP contribution >= 0.6 is 0 Å². The van der Waals surface area contributed by atoms with Gasteiger partial charge in [-0.3, -0.25) is 4.79 Å². The summed E-state index contributed by atoms with van der Waals surface area (Å²) < 4.78 is 13.3. The first-order valence-corrected chi connectivity index (χ1v) is 5.96. The molecule has 0 radical (unpaired) electrons. The van der Waals surface area contributed by atoms with Crippen LogP contribution in [0.2, 0.25) is 0 Å². The minimum atomic E-state index is -0.203. The largest absolute Gasteiger partial charge is 0.381 e. The van der Waals surface area contributed by atoms with Crippen molar-refractivity contribution in [2.75, 3.05) is 18.4 Å². The van der Waals surface area contributed by atoms with Crippen molar-refractivity contribution in [1.29, 1.82) is 0 Å². The molecular weight excluding hydrogens is 219 g/mol. The number of carbonyl (C=O) groups is 1. The number of amides is 1. The first kappa shape index (κ1) is 10.6. The summed E-state index contributed by atoms with van der Waals surface area (Å²) in [6.07, 6.45) is 0.931. The lowest BCUT2D eigenvalue weighted by molar-refractivity contribution is -0.130. The van der Waals surface area contributed by atoms with Crippen LogP contribution in [0.3, 0.4) is 0 Å². The third kappa shape index (κ3) is 1.68. The van der Waals surface area contributed by atoms with Gasteiger partial charge < -0.3 is 10.2 Å². The third-order valence-corrected chi connectivity index (χ3v) is 3.81. The molecule has 1 saturated heterocycles. The lowest BCUT2D eigenvalue weighted by Gasteiger charge is -2.34. The third-order valence-electron chi connectivity index (χ3n) is 3.81. The standard InChI is InChI=1S/C13H15FN2O/c1-8(17)16-5-4-13-11(7-16)10-6-9(14)2-3-12(10)15-13/h2-3,6,11,13,15H,4-5,7H2,1H3. The van der Waals surface area contributed by atoms with Crippen molar-refractivity contribution in [2.24, 2.45) is 0 Å². The van der Waals surface area contributed by atoms with Crippen molar-refractivity contribution in [3.8, 4) is 0 Å². The molecule has 2 aliphatic heterocycles. The van der Waals surface area contributed by atoms with Gasteiger partial charge in [-0.15, -0.1) is 0 Å². The van der Waals surface area contributed by atoms with Crippen LogP contribution in [-0.4, -0.2) is 29.9 Å². The van der Waals surface area contributed by atoms with Gasteiger partial charge in [-0.05, 0) is 30.2 Å². The lowest BCUT2D eigenvalue weighted by atomic mass is 9.89. The molecule has 2 atom stereocenters. The minimum absolute atomic E-state index is 0.105. The highest BCUT2D eigenvalue weighted by atomic mass is 19.1. The number of rotatable bonds is 0. The number of benzene rings is 1. The maximum absolute atomic E-state index is 13.3. The van der Waals surface area contributed by atoms with E-state index in [9.17, 15) is 9.18 Å². The van der Waals surface area contributed by atoms with Gasteiger partial charge in [0.15, 0.2) is 0 Å².